The van der Waals surface area contributed by atoms with Crippen molar-refractivity contribution < 1.29 is 0 Å². The fraction of sp³-hybridized carbons (Fsp3) is 0.600. The number of fused-ring (bicyclic) bond motifs is 1. The van der Waals surface area contributed by atoms with Gasteiger partial charge in [0.05, 0.1) is 15.2 Å². The summed E-state index contributed by atoms with van der Waals surface area (Å²) in [5.74, 6) is 0. The Morgan fingerprint density at radius 1 is 1.11 bits per heavy atom. The molecule has 0 spiro atoms. The summed E-state index contributed by atoms with van der Waals surface area (Å²) in [7, 11) is 0. The molecule has 3 rings (SSSR count). The normalized spacial score (nSPS) is 24.9. The summed E-state index contributed by atoms with van der Waals surface area (Å²) in [5.41, 5.74) is 1.25. The molecular formula is C15H20BrClN2. The van der Waals surface area contributed by atoms with Gasteiger partial charge >= 0.3 is 0 Å². The molecule has 2 fully saturated rings. The first-order chi connectivity index (χ1) is 9.25. The summed E-state index contributed by atoms with van der Waals surface area (Å²) in [6, 6.07) is 6.89. The largest absolute Gasteiger partial charge is 0.369 e. The average Bonchev–Trinajstić information content (AvgIpc) is 2.64. The van der Waals surface area contributed by atoms with E-state index >= 15 is 0 Å². The van der Waals surface area contributed by atoms with Crippen molar-refractivity contribution in [3.05, 3.63) is 27.7 Å². The molecule has 0 N–H and O–H groups in total. The molecule has 2 nitrogen and oxygen atoms in total. The van der Waals surface area contributed by atoms with Crippen LogP contribution in [0.15, 0.2) is 22.7 Å². The van der Waals surface area contributed by atoms with Gasteiger partial charge in [-0.1, -0.05) is 24.1 Å². The third-order valence-corrected chi connectivity index (χ3v) is 5.70. The summed E-state index contributed by atoms with van der Waals surface area (Å²) in [5, 5.41) is 0.808. The van der Waals surface area contributed by atoms with Gasteiger partial charge in [0.1, 0.15) is 0 Å². The summed E-state index contributed by atoms with van der Waals surface area (Å²) < 4.78 is 1.04. The molecule has 0 saturated carbocycles. The van der Waals surface area contributed by atoms with Crippen LogP contribution in [0, 0.1) is 0 Å². The molecule has 2 heterocycles. The Morgan fingerprint density at radius 3 is 2.84 bits per heavy atom. The average molecular weight is 344 g/mol. The molecule has 0 radical (unpaired) electrons. The first-order valence-electron chi connectivity index (χ1n) is 7.19. The lowest BCUT2D eigenvalue weighted by Crippen LogP contribution is -2.44. The molecule has 2 aliphatic heterocycles. The van der Waals surface area contributed by atoms with E-state index in [9.17, 15) is 0 Å². The number of nitrogens with zero attached hydrogens (tertiary/aromatic N) is 2. The van der Waals surface area contributed by atoms with Crippen molar-refractivity contribution in [1.82, 2.24) is 4.90 Å². The highest BCUT2D eigenvalue weighted by Crippen LogP contribution is 2.34. The predicted octanol–water partition coefficient (Wildman–Crippen LogP) is 4.17. The van der Waals surface area contributed by atoms with E-state index < -0.39 is 0 Å². The minimum atomic E-state index is 0.724. The second-order valence-electron chi connectivity index (χ2n) is 5.56. The van der Waals surface area contributed by atoms with Gasteiger partial charge in [0.25, 0.3) is 0 Å². The van der Waals surface area contributed by atoms with E-state index in [-0.39, 0.29) is 0 Å². The molecule has 4 heteroatoms. The molecule has 1 atom stereocenters. The summed E-state index contributed by atoms with van der Waals surface area (Å²) in [4.78, 5) is 5.19. The van der Waals surface area contributed by atoms with Gasteiger partial charge in [0.15, 0.2) is 0 Å². The minimum Gasteiger partial charge on any atom is -0.369 e. The Bertz CT molecular complexity index is 452. The summed E-state index contributed by atoms with van der Waals surface area (Å²) in [6.45, 7) is 4.81. The molecule has 104 valence electrons. The Labute approximate surface area is 128 Å². The lowest BCUT2D eigenvalue weighted by molar-refractivity contribution is 0.162. The van der Waals surface area contributed by atoms with Gasteiger partial charge in [-0.15, -0.1) is 0 Å². The standard InChI is InChI=1S/C15H20BrClN2/c16-15-13(17)6-3-7-14(15)19-10-4-9-18-8-2-1-5-12(18)11-19/h3,6-7,12H,1-2,4-5,8-11H2. The van der Waals surface area contributed by atoms with Crippen molar-refractivity contribution >= 4 is 33.2 Å². The molecule has 19 heavy (non-hydrogen) atoms. The fourth-order valence-electron chi connectivity index (χ4n) is 3.33. The van der Waals surface area contributed by atoms with Crippen LogP contribution in [0.4, 0.5) is 5.69 Å². The van der Waals surface area contributed by atoms with Gasteiger partial charge in [-0.25, -0.2) is 0 Å². The van der Waals surface area contributed by atoms with Crippen LogP contribution in [-0.2, 0) is 0 Å². The number of anilines is 1. The van der Waals surface area contributed by atoms with Crippen LogP contribution in [0.25, 0.3) is 0 Å². The van der Waals surface area contributed by atoms with Gasteiger partial charge < -0.3 is 4.90 Å². The molecular weight excluding hydrogens is 324 g/mol. The third kappa shape index (κ3) is 2.93. The van der Waals surface area contributed by atoms with Crippen molar-refractivity contribution in [3.63, 3.8) is 0 Å². The van der Waals surface area contributed by atoms with Crippen molar-refractivity contribution in [1.29, 1.82) is 0 Å². The second kappa shape index (κ2) is 6.02. The molecule has 2 saturated heterocycles. The zero-order valence-corrected chi connectivity index (χ0v) is 13.5. The van der Waals surface area contributed by atoms with Crippen LogP contribution >= 0.6 is 27.5 Å². The lowest BCUT2D eigenvalue weighted by atomic mass is 10.0. The summed E-state index contributed by atoms with van der Waals surface area (Å²) >= 11 is 9.87. The van der Waals surface area contributed by atoms with Crippen molar-refractivity contribution in [2.24, 2.45) is 0 Å². The first-order valence-corrected chi connectivity index (χ1v) is 8.36. The van der Waals surface area contributed by atoms with Crippen molar-refractivity contribution in [2.75, 3.05) is 31.1 Å². The highest BCUT2D eigenvalue weighted by atomic mass is 79.9. The molecule has 1 unspecified atom stereocenters. The van der Waals surface area contributed by atoms with Gasteiger partial charge in [-0.05, 0) is 53.9 Å². The molecule has 0 bridgehead atoms. The van der Waals surface area contributed by atoms with Crippen LogP contribution in [0.3, 0.4) is 0 Å². The second-order valence-corrected chi connectivity index (χ2v) is 6.76. The Kier molecular flexibility index (Phi) is 4.35. The van der Waals surface area contributed by atoms with Crippen LogP contribution in [0.2, 0.25) is 5.02 Å². The number of rotatable bonds is 1. The van der Waals surface area contributed by atoms with Gasteiger partial charge in [-0.2, -0.15) is 0 Å². The zero-order chi connectivity index (χ0) is 13.2. The molecule has 1 aromatic rings. The maximum atomic E-state index is 6.23. The van der Waals surface area contributed by atoms with Crippen LogP contribution in [0.5, 0.6) is 0 Å². The van der Waals surface area contributed by atoms with Gasteiger partial charge in [0, 0.05) is 25.7 Å². The number of halogens is 2. The Hall–Kier alpha value is -0.250. The van der Waals surface area contributed by atoms with E-state index in [2.05, 4.69) is 31.8 Å². The maximum Gasteiger partial charge on any atom is 0.0595 e. The third-order valence-electron chi connectivity index (χ3n) is 4.33. The van der Waals surface area contributed by atoms with Crippen molar-refractivity contribution in [2.45, 2.75) is 31.7 Å². The number of hydrogen-bond donors (Lipinski definition) is 0. The highest BCUT2D eigenvalue weighted by Gasteiger charge is 2.27. The maximum absolute atomic E-state index is 6.23. The monoisotopic (exact) mass is 342 g/mol. The quantitative estimate of drug-likeness (QED) is 0.755. The van der Waals surface area contributed by atoms with E-state index in [0.717, 1.165) is 28.6 Å². The predicted molar refractivity (Wildman–Crippen MR) is 85.2 cm³/mol. The van der Waals surface area contributed by atoms with E-state index in [1.165, 1.54) is 44.5 Å². The molecule has 2 aliphatic rings. The van der Waals surface area contributed by atoms with Gasteiger partial charge in [0.2, 0.25) is 0 Å². The number of piperidine rings is 1. The Morgan fingerprint density at radius 2 is 1.95 bits per heavy atom. The SMILES string of the molecule is Clc1cccc(N2CCCN3CCCCC3C2)c1Br. The fourth-order valence-corrected chi connectivity index (χ4v) is 4.01. The zero-order valence-electron chi connectivity index (χ0n) is 11.1. The highest BCUT2D eigenvalue weighted by molar-refractivity contribution is 9.10. The summed E-state index contributed by atoms with van der Waals surface area (Å²) in [6.07, 6.45) is 5.34. The molecule has 0 aliphatic carbocycles. The molecule has 0 aromatic heterocycles. The van der Waals surface area contributed by atoms with Crippen LogP contribution < -0.4 is 4.90 Å². The Balaban J connectivity index is 1.82. The topological polar surface area (TPSA) is 6.48 Å². The van der Waals surface area contributed by atoms with Crippen molar-refractivity contribution in [3.8, 4) is 0 Å². The molecule has 0 amide bonds. The van der Waals surface area contributed by atoms with E-state index in [0.29, 0.717) is 0 Å². The van der Waals surface area contributed by atoms with Gasteiger partial charge in [-0.3, -0.25) is 4.90 Å². The molecule has 1 aromatic carbocycles. The van der Waals surface area contributed by atoms with E-state index in [4.69, 9.17) is 11.6 Å². The lowest BCUT2D eigenvalue weighted by Gasteiger charge is -2.36. The minimum absolute atomic E-state index is 0.724. The van der Waals surface area contributed by atoms with E-state index in [1.807, 2.05) is 12.1 Å². The smallest absolute Gasteiger partial charge is 0.0595 e. The van der Waals surface area contributed by atoms with Crippen LogP contribution in [-0.4, -0.2) is 37.1 Å². The first kappa shape index (κ1) is 13.7. The van der Waals surface area contributed by atoms with E-state index in [1.54, 1.807) is 0 Å². The number of hydrogen-bond acceptors (Lipinski definition) is 2. The van der Waals surface area contributed by atoms with Crippen LogP contribution in [0.1, 0.15) is 25.7 Å². The number of benzene rings is 1.